The van der Waals surface area contributed by atoms with E-state index in [1.807, 2.05) is 0 Å². The molecule has 200 valence electrons. The number of carbonyl (C=O) groups excluding carboxylic acids is 2. The standard InChI is InChI=1S/C24H27F2N3O8/c1-12(14-7-6-8-15-17(14)37-11-23(15,25)26)27-19-16(20-35-9-10-36-20)18(28-13(2)29-19)24(34-5,21(30)32-3)22(31)33-4/h6-8,12,20H,9-11H2,1-5H3,(H,27,28,29)/t12-/m1/s1. The van der Waals surface area contributed by atoms with Crippen molar-refractivity contribution in [2.75, 3.05) is 46.5 Å². The molecule has 0 amide bonds. The molecule has 0 spiro atoms. The van der Waals surface area contributed by atoms with Gasteiger partial charge in [0.15, 0.2) is 12.9 Å². The number of ether oxygens (including phenoxy) is 6. The molecule has 4 rings (SSSR count). The SMILES string of the molecule is COC(=O)C(OC)(C(=O)OC)c1nc(C)nc(N[C@H](C)c2cccc3c2OCC3(F)F)c1C1OCCO1. The average Bonchev–Trinajstić information content (AvgIpc) is 3.52. The first-order valence-electron chi connectivity index (χ1n) is 11.4. The van der Waals surface area contributed by atoms with Gasteiger partial charge in [0.25, 0.3) is 0 Å². The molecular formula is C24H27F2N3O8. The Balaban J connectivity index is 1.88. The van der Waals surface area contributed by atoms with Gasteiger partial charge in [0.1, 0.15) is 23.1 Å². The number of para-hydroxylation sites is 1. The van der Waals surface area contributed by atoms with Crippen LogP contribution in [-0.2, 0) is 44.8 Å². The number of alkyl halides is 2. The number of fused-ring (bicyclic) bond motifs is 1. The van der Waals surface area contributed by atoms with Gasteiger partial charge >= 0.3 is 23.5 Å². The van der Waals surface area contributed by atoms with Gasteiger partial charge in [-0.3, -0.25) is 0 Å². The van der Waals surface area contributed by atoms with Crippen LogP contribution in [0.15, 0.2) is 18.2 Å². The molecule has 2 aromatic rings. The van der Waals surface area contributed by atoms with Crippen LogP contribution in [0.25, 0.3) is 0 Å². The number of esters is 2. The molecule has 2 aliphatic heterocycles. The minimum atomic E-state index is -3.11. The van der Waals surface area contributed by atoms with Crippen LogP contribution < -0.4 is 10.1 Å². The number of carbonyl (C=O) groups is 2. The van der Waals surface area contributed by atoms with E-state index in [2.05, 4.69) is 15.3 Å². The molecule has 0 bridgehead atoms. The minimum Gasteiger partial charge on any atom is -0.486 e. The molecule has 0 unspecified atom stereocenters. The number of anilines is 1. The van der Waals surface area contributed by atoms with Gasteiger partial charge in [-0.25, -0.2) is 19.6 Å². The van der Waals surface area contributed by atoms with Crippen LogP contribution >= 0.6 is 0 Å². The largest absolute Gasteiger partial charge is 0.486 e. The lowest BCUT2D eigenvalue weighted by Crippen LogP contribution is -2.49. The number of aromatic nitrogens is 2. The fourth-order valence-corrected chi connectivity index (χ4v) is 4.40. The Bertz CT molecular complexity index is 1190. The summed E-state index contributed by atoms with van der Waals surface area (Å²) in [6.07, 6.45) is -1.09. The third kappa shape index (κ3) is 4.47. The highest BCUT2D eigenvalue weighted by Crippen LogP contribution is 2.46. The zero-order valence-electron chi connectivity index (χ0n) is 20.9. The number of methoxy groups -OCH3 is 3. The lowest BCUT2D eigenvalue weighted by molar-refractivity contribution is -0.187. The van der Waals surface area contributed by atoms with Gasteiger partial charge < -0.3 is 33.7 Å². The van der Waals surface area contributed by atoms with Gasteiger partial charge in [-0.2, -0.15) is 8.78 Å². The maximum absolute atomic E-state index is 14.3. The van der Waals surface area contributed by atoms with Crippen molar-refractivity contribution < 1.29 is 46.8 Å². The molecule has 1 aromatic carbocycles. The Hall–Kier alpha value is -3.42. The Morgan fingerprint density at radius 1 is 1.14 bits per heavy atom. The molecule has 11 nitrogen and oxygen atoms in total. The molecule has 13 heteroatoms. The Kier molecular flexibility index (Phi) is 7.31. The summed E-state index contributed by atoms with van der Waals surface area (Å²) in [7, 11) is 3.30. The lowest BCUT2D eigenvalue weighted by atomic mass is 9.93. The van der Waals surface area contributed by atoms with Crippen molar-refractivity contribution in [2.24, 2.45) is 0 Å². The highest BCUT2D eigenvalue weighted by molar-refractivity contribution is 6.04. The van der Waals surface area contributed by atoms with Gasteiger partial charge in [0.2, 0.25) is 0 Å². The van der Waals surface area contributed by atoms with Crippen molar-refractivity contribution >= 4 is 17.8 Å². The van der Waals surface area contributed by atoms with Crippen molar-refractivity contribution in [3.05, 3.63) is 46.4 Å². The quantitative estimate of drug-likeness (QED) is 0.405. The van der Waals surface area contributed by atoms with Crippen LogP contribution in [0.4, 0.5) is 14.6 Å². The molecule has 37 heavy (non-hydrogen) atoms. The van der Waals surface area contributed by atoms with E-state index < -0.39 is 42.4 Å². The molecule has 1 fully saturated rings. The Morgan fingerprint density at radius 2 is 1.78 bits per heavy atom. The van der Waals surface area contributed by atoms with E-state index >= 15 is 0 Å². The first-order chi connectivity index (χ1) is 17.6. The monoisotopic (exact) mass is 523 g/mol. The van der Waals surface area contributed by atoms with E-state index in [1.165, 1.54) is 12.1 Å². The second kappa shape index (κ2) is 10.1. The summed E-state index contributed by atoms with van der Waals surface area (Å²) in [5.41, 5.74) is -2.31. The number of hydrogen-bond acceptors (Lipinski definition) is 11. The number of halogens is 2. The second-order valence-corrected chi connectivity index (χ2v) is 8.41. The third-order valence-corrected chi connectivity index (χ3v) is 6.16. The summed E-state index contributed by atoms with van der Waals surface area (Å²) in [5.74, 6) is -4.94. The van der Waals surface area contributed by atoms with Crippen molar-refractivity contribution in [2.45, 2.75) is 37.7 Å². The normalized spacial score (nSPS) is 17.6. The predicted molar refractivity (Wildman–Crippen MR) is 122 cm³/mol. The van der Waals surface area contributed by atoms with Crippen molar-refractivity contribution in [1.29, 1.82) is 0 Å². The van der Waals surface area contributed by atoms with Crippen molar-refractivity contribution in [3.63, 3.8) is 0 Å². The maximum Gasteiger partial charge on any atom is 0.356 e. The first kappa shape index (κ1) is 26.6. The number of rotatable bonds is 8. The summed E-state index contributed by atoms with van der Waals surface area (Å²) < 4.78 is 60.5. The topological polar surface area (TPSA) is 127 Å². The average molecular weight is 523 g/mol. The highest BCUT2D eigenvalue weighted by atomic mass is 19.3. The van der Waals surface area contributed by atoms with Gasteiger partial charge in [-0.05, 0) is 19.9 Å². The van der Waals surface area contributed by atoms with E-state index in [9.17, 15) is 18.4 Å². The number of nitrogens with zero attached hydrogens (tertiary/aromatic N) is 2. The van der Waals surface area contributed by atoms with E-state index in [4.69, 9.17) is 28.4 Å². The van der Waals surface area contributed by atoms with E-state index in [0.717, 1.165) is 21.3 Å². The summed E-state index contributed by atoms with van der Waals surface area (Å²) in [5, 5.41) is 3.16. The van der Waals surface area contributed by atoms with E-state index in [-0.39, 0.29) is 47.4 Å². The molecule has 2 aliphatic rings. The van der Waals surface area contributed by atoms with Crippen LogP contribution in [-0.4, -0.2) is 63.1 Å². The summed E-state index contributed by atoms with van der Waals surface area (Å²) in [6.45, 7) is 2.94. The van der Waals surface area contributed by atoms with Gasteiger partial charge in [-0.15, -0.1) is 0 Å². The maximum atomic E-state index is 14.3. The number of benzene rings is 1. The lowest BCUT2D eigenvalue weighted by Gasteiger charge is -2.30. The van der Waals surface area contributed by atoms with Crippen LogP contribution in [0.2, 0.25) is 0 Å². The first-order valence-corrected chi connectivity index (χ1v) is 11.4. The zero-order chi connectivity index (χ0) is 27.0. The zero-order valence-corrected chi connectivity index (χ0v) is 20.9. The molecule has 1 atom stereocenters. The van der Waals surface area contributed by atoms with E-state index in [0.29, 0.717) is 5.56 Å². The highest BCUT2D eigenvalue weighted by Gasteiger charge is 2.56. The predicted octanol–water partition coefficient (Wildman–Crippen LogP) is 2.68. The summed E-state index contributed by atoms with van der Waals surface area (Å²) >= 11 is 0. The molecule has 0 aliphatic carbocycles. The Labute approximate surface area is 211 Å². The summed E-state index contributed by atoms with van der Waals surface area (Å²) in [6, 6.07) is 3.85. The molecular weight excluding hydrogens is 496 g/mol. The van der Waals surface area contributed by atoms with Gasteiger partial charge in [0.05, 0.1) is 44.6 Å². The third-order valence-electron chi connectivity index (χ3n) is 6.16. The molecule has 0 saturated carbocycles. The van der Waals surface area contributed by atoms with Crippen LogP contribution in [0.3, 0.4) is 0 Å². The molecule has 1 aromatic heterocycles. The molecule has 1 saturated heterocycles. The van der Waals surface area contributed by atoms with Crippen LogP contribution in [0.5, 0.6) is 5.75 Å². The second-order valence-electron chi connectivity index (χ2n) is 8.41. The molecule has 1 N–H and O–H groups in total. The number of nitrogens with one attached hydrogen (secondary N) is 1. The fraction of sp³-hybridized carbons (Fsp3) is 0.500. The molecule has 3 heterocycles. The van der Waals surface area contributed by atoms with Gasteiger partial charge in [-0.1, -0.05) is 12.1 Å². The summed E-state index contributed by atoms with van der Waals surface area (Å²) in [4.78, 5) is 34.8. The molecule has 0 radical (unpaired) electrons. The fourth-order valence-electron chi connectivity index (χ4n) is 4.40. The van der Waals surface area contributed by atoms with Crippen molar-refractivity contribution in [1.82, 2.24) is 9.97 Å². The van der Waals surface area contributed by atoms with Gasteiger partial charge in [0, 0.05) is 12.7 Å². The van der Waals surface area contributed by atoms with Crippen LogP contribution in [0, 0.1) is 6.92 Å². The van der Waals surface area contributed by atoms with Crippen molar-refractivity contribution in [3.8, 4) is 5.75 Å². The van der Waals surface area contributed by atoms with E-state index in [1.54, 1.807) is 19.9 Å². The number of aryl methyl sites for hydroxylation is 1. The smallest absolute Gasteiger partial charge is 0.356 e. The van der Waals surface area contributed by atoms with Crippen LogP contribution in [0.1, 0.15) is 47.5 Å². The number of hydrogen-bond donors (Lipinski definition) is 1. The minimum absolute atomic E-state index is 0.0729. The Morgan fingerprint density at radius 3 is 2.38 bits per heavy atom.